The van der Waals surface area contributed by atoms with Crippen molar-refractivity contribution in [3.05, 3.63) is 48.4 Å². The molecule has 1 aromatic carbocycles. The highest BCUT2D eigenvalue weighted by Gasteiger charge is 2.24. The van der Waals surface area contributed by atoms with E-state index in [2.05, 4.69) is 22.9 Å². The van der Waals surface area contributed by atoms with E-state index in [4.69, 9.17) is 5.73 Å². The molecule has 0 saturated carbocycles. The van der Waals surface area contributed by atoms with Crippen molar-refractivity contribution in [3.63, 3.8) is 0 Å². The zero-order chi connectivity index (χ0) is 13.4. The van der Waals surface area contributed by atoms with E-state index < -0.39 is 5.50 Å². The lowest BCUT2D eigenvalue weighted by Gasteiger charge is -2.33. The molecule has 1 amide bonds. The third kappa shape index (κ3) is 2.10. The fourth-order valence-corrected chi connectivity index (χ4v) is 2.45. The molecule has 3 N–H and O–H groups in total. The van der Waals surface area contributed by atoms with Crippen LogP contribution in [0.5, 0.6) is 0 Å². The number of thiol groups is 1. The van der Waals surface area contributed by atoms with E-state index in [-0.39, 0.29) is 5.91 Å². The number of benzene rings is 1. The van der Waals surface area contributed by atoms with Crippen LogP contribution in [-0.2, 0) is 4.79 Å². The smallest absolute Gasteiger partial charge is 0.249 e. The summed E-state index contributed by atoms with van der Waals surface area (Å²) in [6.45, 7) is 0. The Hall–Kier alpha value is -2.21. The number of aromatic nitrogens is 1. The number of carbonyl (C=O) groups is 1. The quantitative estimate of drug-likeness (QED) is 0.682. The Kier molecular flexibility index (Phi) is 2.79. The van der Waals surface area contributed by atoms with Gasteiger partial charge in [0.1, 0.15) is 5.82 Å². The average Bonchev–Trinajstić information content (AvgIpc) is 2.37. The Bertz CT molecular complexity index is 685. The molecule has 2 heterocycles. The van der Waals surface area contributed by atoms with Gasteiger partial charge < -0.3 is 11.1 Å². The highest BCUT2D eigenvalue weighted by Crippen LogP contribution is 2.25. The molecule has 0 fully saturated rings. The fourth-order valence-electron chi connectivity index (χ4n) is 2.06. The largest absolute Gasteiger partial charge is 0.385 e. The number of para-hydroxylation sites is 1. The Balaban J connectivity index is 2.08. The molecular formula is C13H12N4OS. The van der Waals surface area contributed by atoms with Crippen LogP contribution in [0.15, 0.2) is 48.4 Å². The lowest BCUT2D eigenvalue weighted by Crippen LogP contribution is -2.50. The van der Waals surface area contributed by atoms with Gasteiger partial charge in [-0.05, 0) is 12.1 Å². The molecule has 0 bridgehead atoms. The fraction of sp³-hybridized carbons (Fsp3) is 0.0769. The van der Waals surface area contributed by atoms with Crippen LogP contribution in [0.2, 0.25) is 0 Å². The summed E-state index contributed by atoms with van der Waals surface area (Å²) in [6, 6.07) is 9.76. The van der Waals surface area contributed by atoms with Gasteiger partial charge >= 0.3 is 0 Å². The molecule has 1 aliphatic rings. The zero-order valence-corrected chi connectivity index (χ0v) is 10.8. The molecule has 1 aromatic heterocycles. The van der Waals surface area contributed by atoms with Gasteiger partial charge in [0.15, 0.2) is 5.50 Å². The first kappa shape index (κ1) is 11.9. The third-order valence-corrected chi connectivity index (χ3v) is 3.29. The molecule has 0 spiro atoms. The van der Waals surface area contributed by atoms with Crippen molar-refractivity contribution in [2.24, 2.45) is 5.73 Å². The Morgan fingerprint density at radius 3 is 2.95 bits per heavy atom. The second-order valence-electron chi connectivity index (χ2n) is 4.21. The number of rotatable bonds is 1. The molecule has 6 heteroatoms. The number of nitrogens with zero attached hydrogens (tertiary/aromatic N) is 2. The van der Waals surface area contributed by atoms with E-state index in [1.54, 1.807) is 11.1 Å². The molecule has 0 radical (unpaired) electrons. The topological polar surface area (TPSA) is 71.2 Å². The van der Waals surface area contributed by atoms with Gasteiger partial charge in [0.2, 0.25) is 5.91 Å². The van der Waals surface area contributed by atoms with Gasteiger partial charge in [-0.15, -0.1) is 12.6 Å². The van der Waals surface area contributed by atoms with Crippen LogP contribution >= 0.6 is 12.6 Å². The van der Waals surface area contributed by atoms with Crippen molar-refractivity contribution in [3.8, 4) is 0 Å². The minimum Gasteiger partial charge on any atom is -0.385 e. The van der Waals surface area contributed by atoms with Gasteiger partial charge in [0, 0.05) is 11.5 Å². The maximum atomic E-state index is 11.3. The molecule has 1 aliphatic heterocycles. The van der Waals surface area contributed by atoms with E-state index in [1.165, 1.54) is 6.08 Å². The molecule has 3 rings (SSSR count). The minimum absolute atomic E-state index is 0.248. The maximum absolute atomic E-state index is 11.3. The van der Waals surface area contributed by atoms with Crippen LogP contribution in [0.1, 0.15) is 0 Å². The van der Waals surface area contributed by atoms with Crippen LogP contribution in [0, 0.1) is 0 Å². The average molecular weight is 272 g/mol. The van der Waals surface area contributed by atoms with Gasteiger partial charge in [-0.3, -0.25) is 14.7 Å². The van der Waals surface area contributed by atoms with Crippen LogP contribution in [0.3, 0.4) is 0 Å². The predicted molar refractivity (Wildman–Crippen MR) is 77.4 cm³/mol. The summed E-state index contributed by atoms with van der Waals surface area (Å²) in [4.78, 5) is 17.4. The second-order valence-corrected chi connectivity index (χ2v) is 4.70. The van der Waals surface area contributed by atoms with Crippen LogP contribution in [0.4, 0.5) is 5.69 Å². The van der Waals surface area contributed by atoms with Crippen molar-refractivity contribution in [1.29, 1.82) is 0 Å². The highest BCUT2D eigenvalue weighted by molar-refractivity contribution is 7.81. The molecule has 0 aliphatic carbocycles. The van der Waals surface area contributed by atoms with Gasteiger partial charge in [-0.25, -0.2) is 0 Å². The molecule has 1 atom stereocenters. The van der Waals surface area contributed by atoms with Crippen LogP contribution in [0.25, 0.3) is 10.9 Å². The highest BCUT2D eigenvalue weighted by atomic mass is 32.1. The summed E-state index contributed by atoms with van der Waals surface area (Å²) in [6.07, 6.45) is 3.05. The minimum atomic E-state index is -0.500. The van der Waals surface area contributed by atoms with Crippen molar-refractivity contribution in [2.45, 2.75) is 5.50 Å². The molecule has 19 heavy (non-hydrogen) atoms. The van der Waals surface area contributed by atoms with Gasteiger partial charge in [0.25, 0.3) is 0 Å². The second kappa shape index (κ2) is 4.47. The van der Waals surface area contributed by atoms with E-state index >= 15 is 0 Å². The van der Waals surface area contributed by atoms with Gasteiger partial charge in [-0.1, -0.05) is 18.2 Å². The van der Waals surface area contributed by atoms with Gasteiger partial charge in [0.05, 0.1) is 17.4 Å². The summed E-state index contributed by atoms with van der Waals surface area (Å²) < 4.78 is 0. The SMILES string of the molecule is NC1=CC(=O)NC(S)N1c1cnc2ccccc2c1. The zero-order valence-electron chi connectivity index (χ0n) is 9.95. The summed E-state index contributed by atoms with van der Waals surface area (Å²) in [7, 11) is 0. The first-order chi connectivity index (χ1) is 9.15. The van der Waals surface area contributed by atoms with E-state index in [1.807, 2.05) is 30.3 Å². The number of anilines is 1. The number of pyridine rings is 1. The lowest BCUT2D eigenvalue weighted by molar-refractivity contribution is -0.117. The number of nitrogens with one attached hydrogen (secondary N) is 1. The Labute approximate surface area is 115 Å². The molecule has 5 nitrogen and oxygen atoms in total. The number of hydrogen-bond acceptors (Lipinski definition) is 5. The monoisotopic (exact) mass is 272 g/mol. The van der Waals surface area contributed by atoms with Crippen molar-refractivity contribution in [2.75, 3.05) is 4.90 Å². The standard InChI is InChI=1S/C13H12N4OS/c14-11-6-12(18)16-13(19)17(11)9-5-8-3-1-2-4-10(8)15-7-9/h1-7,13,19H,14H2,(H,16,18). The Morgan fingerprint density at radius 2 is 2.16 bits per heavy atom. The molecule has 2 aromatic rings. The lowest BCUT2D eigenvalue weighted by atomic mass is 10.2. The third-order valence-electron chi connectivity index (χ3n) is 2.93. The number of amides is 1. The normalized spacial score (nSPS) is 19.2. The molecule has 96 valence electrons. The first-order valence-electron chi connectivity index (χ1n) is 5.75. The number of carbonyl (C=O) groups excluding carboxylic acids is 1. The number of hydrogen-bond donors (Lipinski definition) is 3. The molecule has 0 saturated heterocycles. The summed E-state index contributed by atoms with van der Waals surface area (Å²) in [5.74, 6) is 0.100. The molecular weight excluding hydrogens is 260 g/mol. The van der Waals surface area contributed by atoms with E-state index in [0.29, 0.717) is 5.82 Å². The predicted octanol–water partition coefficient (Wildman–Crippen LogP) is 1.18. The molecule has 1 unspecified atom stereocenters. The summed E-state index contributed by atoms with van der Waals surface area (Å²) in [5.41, 5.74) is 7.08. The maximum Gasteiger partial charge on any atom is 0.249 e. The van der Waals surface area contributed by atoms with Crippen molar-refractivity contribution < 1.29 is 4.79 Å². The first-order valence-corrected chi connectivity index (χ1v) is 6.26. The van der Waals surface area contributed by atoms with Crippen molar-refractivity contribution >= 4 is 35.1 Å². The summed E-state index contributed by atoms with van der Waals surface area (Å²) >= 11 is 4.33. The van der Waals surface area contributed by atoms with Gasteiger partial charge in [-0.2, -0.15) is 0 Å². The Morgan fingerprint density at radius 1 is 1.37 bits per heavy atom. The number of nitrogens with two attached hydrogens (primary N) is 1. The van der Waals surface area contributed by atoms with Crippen LogP contribution in [-0.4, -0.2) is 16.4 Å². The van der Waals surface area contributed by atoms with E-state index in [9.17, 15) is 4.79 Å². The number of fused-ring (bicyclic) bond motifs is 1. The van der Waals surface area contributed by atoms with E-state index in [0.717, 1.165) is 16.6 Å². The van der Waals surface area contributed by atoms with Crippen LogP contribution < -0.4 is 16.0 Å². The van der Waals surface area contributed by atoms with Crippen molar-refractivity contribution in [1.82, 2.24) is 10.3 Å². The summed E-state index contributed by atoms with van der Waals surface area (Å²) in [5, 5.41) is 3.68.